The molecule has 1 rings (SSSR count). The number of carbonyl (C=O) groups is 1. The molecule has 0 saturated carbocycles. The zero-order valence-electron chi connectivity index (χ0n) is 8.28. The van der Waals surface area contributed by atoms with Crippen LogP contribution in [0.2, 0.25) is 0 Å². The molecular weight excluding hydrogens is 196 g/mol. The minimum absolute atomic E-state index is 0.344. The van der Waals surface area contributed by atoms with Crippen LogP contribution < -0.4 is 11.1 Å². The maximum atomic E-state index is 10.9. The van der Waals surface area contributed by atoms with E-state index in [-0.39, 0.29) is 11.9 Å². The minimum Gasteiger partial charge on any atom is -0.373 e. The lowest BCUT2D eigenvalue weighted by molar-refractivity contribution is -0.118. The lowest BCUT2D eigenvalue weighted by Crippen LogP contribution is -2.32. The second-order valence-corrected chi connectivity index (χ2v) is 3.82. The minimum atomic E-state index is -0.346. The smallest absolute Gasteiger partial charge is 0.239 e. The molecule has 4 heteroatoms. The van der Waals surface area contributed by atoms with Gasteiger partial charge in [0.2, 0.25) is 5.91 Å². The molecule has 1 aromatic carbocycles. The van der Waals surface area contributed by atoms with E-state index in [1.165, 1.54) is 0 Å². The predicted octanol–water partition coefficient (Wildman–Crippen LogP) is 1.69. The summed E-state index contributed by atoms with van der Waals surface area (Å²) >= 11 is 1.63. The van der Waals surface area contributed by atoms with Gasteiger partial charge in [0, 0.05) is 10.6 Å². The van der Waals surface area contributed by atoms with Gasteiger partial charge in [-0.25, -0.2) is 0 Å². The highest BCUT2D eigenvalue weighted by atomic mass is 32.2. The lowest BCUT2D eigenvalue weighted by Gasteiger charge is -2.14. The number of rotatable bonds is 4. The van der Waals surface area contributed by atoms with E-state index in [1.807, 2.05) is 30.5 Å². The molecule has 0 radical (unpaired) electrons. The number of anilines is 1. The molecule has 1 amide bonds. The Kier molecular flexibility index (Phi) is 3.83. The largest absolute Gasteiger partial charge is 0.373 e. The molecule has 0 saturated heterocycles. The van der Waals surface area contributed by atoms with Crippen molar-refractivity contribution in [3.8, 4) is 0 Å². The first-order chi connectivity index (χ1) is 6.65. The second kappa shape index (κ2) is 4.91. The van der Waals surface area contributed by atoms with Crippen LogP contribution in [0.15, 0.2) is 29.2 Å². The molecule has 3 nitrogen and oxygen atoms in total. The zero-order valence-corrected chi connectivity index (χ0v) is 9.10. The summed E-state index contributed by atoms with van der Waals surface area (Å²) in [5.41, 5.74) is 6.12. The maximum Gasteiger partial charge on any atom is 0.239 e. The Bertz CT molecular complexity index is 328. The van der Waals surface area contributed by atoms with Crippen LogP contribution in [-0.2, 0) is 4.79 Å². The van der Waals surface area contributed by atoms with Crippen molar-refractivity contribution < 1.29 is 4.79 Å². The van der Waals surface area contributed by atoms with Gasteiger partial charge in [0.1, 0.15) is 6.04 Å². The summed E-state index contributed by atoms with van der Waals surface area (Å²) in [5, 5.41) is 3.07. The lowest BCUT2D eigenvalue weighted by atomic mass is 10.2. The van der Waals surface area contributed by atoms with E-state index in [9.17, 15) is 4.79 Å². The molecule has 0 aromatic heterocycles. The summed E-state index contributed by atoms with van der Waals surface area (Å²) in [6, 6.07) is 7.48. The van der Waals surface area contributed by atoms with Crippen LogP contribution in [0.25, 0.3) is 0 Å². The Labute approximate surface area is 88.1 Å². The summed E-state index contributed by atoms with van der Waals surface area (Å²) in [6.45, 7) is 1.75. The third kappa shape index (κ3) is 2.67. The zero-order chi connectivity index (χ0) is 10.6. The number of thioether (sulfide) groups is 1. The topological polar surface area (TPSA) is 55.1 Å². The van der Waals surface area contributed by atoms with Gasteiger partial charge in [0.05, 0.1) is 0 Å². The van der Waals surface area contributed by atoms with Gasteiger partial charge >= 0.3 is 0 Å². The SMILES string of the molecule is CSc1ccccc1NC(C)C(N)=O. The Morgan fingerprint density at radius 1 is 1.50 bits per heavy atom. The van der Waals surface area contributed by atoms with E-state index in [0.717, 1.165) is 10.6 Å². The van der Waals surface area contributed by atoms with Crippen LogP contribution >= 0.6 is 11.8 Å². The third-order valence-electron chi connectivity index (χ3n) is 1.91. The standard InChI is InChI=1S/C10H14N2OS/c1-7(10(11)13)12-8-5-3-4-6-9(8)14-2/h3-7,12H,1-2H3,(H2,11,13). The number of hydrogen-bond donors (Lipinski definition) is 2. The molecule has 0 heterocycles. The molecule has 0 aliphatic heterocycles. The molecule has 3 N–H and O–H groups in total. The fourth-order valence-corrected chi connectivity index (χ4v) is 1.63. The number of primary amides is 1. The number of nitrogens with two attached hydrogens (primary N) is 1. The van der Waals surface area contributed by atoms with Crippen LogP contribution in [0.3, 0.4) is 0 Å². The molecule has 14 heavy (non-hydrogen) atoms. The molecule has 0 aliphatic rings. The van der Waals surface area contributed by atoms with Gasteiger partial charge in [-0.2, -0.15) is 0 Å². The first-order valence-corrected chi connectivity index (χ1v) is 5.56. The second-order valence-electron chi connectivity index (χ2n) is 2.97. The van der Waals surface area contributed by atoms with Gasteiger partial charge in [-0.05, 0) is 25.3 Å². The molecule has 1 unspecified atom stereocenters. The molecule has 0 bridgehead atoms. The van der Waals surface area contributed by atoms with Crippen molar-refractivity contribution in [1.29, 1.82) is 0 Å². The third-order valence-corrected chi connectivity index (χ3v) is 2.70. The number of nitrogens with one attached hydrogen (secondary N) is 1. The average Bonchev–Trinajstić information content (AvgIpc) is 2.18. The summed E-state index contributed by atoms with van der Waals surface area (Å²) in [6.07, 6.45) is 2.00. The Hall–Kier alpha value is -1.16. The van der Waals surface area contributed by atoms with E-state index in [2.05, 4.69) is 5.32 Å². The van der Waals surface area contributed by atoms with E-state index in [1.54, 1.807) is 18.7 Å². The van der Waals surface area contributed by atoms with Gasteiger partial charge in [-0.15, -0.1) is 11.8 Å². The number of amides is 1. The molecule has 0 spiro atoms. The summed E-state index contributed by atoms with van der Waals surface area (Å²) in [7, 11) is 0. The quantitative estimate of drug-likeness (QED) is 0.744. The van der Waals surface area contributed by atoms with Crippen molar-refractivity contribution in [1.82, 2.24) is 0 Å². The summed E-state index contributed by atoms with van der Waals surface area (Å²) in [4.78, 5) is 12.0. The number of carbonyl (C=O) groups excluding carboxylic acids is 1. The van der Waals surface area contributed by atoms with E-state index in [4.69, 9.17) is 5.73 Å². The highest BCUT2D eigenvalue weighted by Crippen LogP contribution is 2.24. The normalized spacial score (nSPS) is 12.1. The molecule has 76 valence electrons. The molecule has 1 aromatic rings. The highest BCUT2D eigenvalue weighted by Gasteiger charge is 2.09. The van der Waals surface area contributed by atoms with Crippen molar-refractivity contribution in [2.24, 2.45) is 5.73 Å². The van der Waals surface area contributed by atoms with Crippen LogP contribution in [0.1, 0.15) is 6.92 Å². The van der Waals surface area contributed by atoms with Crippen LogP contribution in [0.5, 0.6) is 0 Å². The molecule has 0 fully saturated rings. The first-order valence-electron chi connectivity index (χ1n) is 4.34. The predicted molar refractivity (Wildman–Crippen MR) is 60.5 cm³/mol. The first kappa shape index (κ1) is 10.9. The highest BCUT2D eigenvalue weighted by molar-refractivity contribution is 7.98. The van der Waals surface area contributed by atoms with E-state index in [0.29, 0.717) is 0 Å². The van der Waals surface area contributed by atoms with Crippen molar-refractivity contribution in [3.63, 3.8) is 0 Å². The van der Waals surface area contributed by atoms with Crippen LogP contribution in [-0.4, -0.2) is 18.2 Å². The van der Waals surface area contributed by atoms with Crippen molar-refractivity contribution in [3.05, 3.63) is 24.3 Å². The molecule has 0 aliphatic carbocycles. The molecular formula is C10H14N2OS. The monoisotopic (exact) mass is 210 g/mol. The van der Waals surface area contributed by atoms with Gasteiger partial charge in [0.15, 0.2) is 0 Å². The Morgan fingerprint density at radius 3 is 2.71 bits per heavy atom. The Morgan fingerprint density at radius 2 is 2.14 bits per heavy atom. The number of para-hydroxylation sites is 1. The average molecular weight is 210 g/mol. The number of benzene rings is 1. The van der Waals surface area contributed by atoms with Gasteiger partial charge in [-0.1, -0.05) is 12.1 Å². The summed E-state index contributed by atoms with van der Waals surface area (Å²) < 4.78 is 0. The van der Waals surface area contributed by atoms with Crippen molar-refractivity contribution >= 4 is 23.4 Å². The van der Waals surface area contributed by atoms with Gasteiger partial charge < -0.3 is 11.1 Å². The number of hydrogen-bond acceptors (Lipinski definition) is 3. The van der Waals surface area contributed by atoms with Gasteiger partial charge in [-0.3, -0.25) is 4.79 Å². The van der Waals surface area contributed by atoms with Crippen LogP contribution in [0, 0.1) is 0 Å². The van der Waals surface area contributed by atoms with Crippen molar-refractivity contribution in [2.75, 3.05) is 11.6 Å². The van der Waals surface area contributed by atoms with Crippen molar-refractivity contribution in [2.45, 2.75) is 17.9 Å². The van der Waals surface area contributed by atoms with E-state index < -0.39 is 0 Å². The fraction of sp³-hybridized carbons (Fsp3) is 0.300. The van der Waals surface area contributed by atoms with Gasteiger partial charge in [0.25, 0.3) is 0 Å². The van der Waals surface area contributed by atoms with Crippen LogP contribution in [0.4, 0.5) is 5.69 Å². The fourth-order valence-electron chi connectivity index (χ4n) is 1.07. The van der Waals surface area contributed by atoms with E-state index >= 15 is 0 Å². The summed E-state index contributed by atoms with van der Waals surface area (Å²) in [5.74, 6) is -0.346. The molecule has 1 atom stereocenters. The Balaban J connectivity index is 2.80. The maximum absolute atomic E-state index is 10.9.